The van der Waals surface area contributed by atoms with Crippen LogP contribution in [0.15, 0.2) is 36.4 Å². The molecule has 0 radical (unpaired) electrons. The molecule has 5 rings (SSSR count). The van der Waals surface area contributed by atoms with Crippen LogP contribution < -0.4 is 15.5 Å². The van der Waals surface area contributed by atoms with Crippen molar-refractivity contribution >= 4 is 32.6 Å². The molecule has 1 aliphatic carbocycles. The number of halogens is 1. The van der Waals surface area contributed by atoms with Gasteiger partial charge in [-0.2, -0.15) is 0 Å². The van der Waals surface area contributed by atoms with E-state index in [-0.39, 0.29) is 17.8 Å². The van der Waals surface area contributed by atoms with Gasteiger partial charge in [-0.3, -0.25) is 4.79 Å². The molecule has 5 nitrogen and oxygen atoms in total. The van der Waals surface area contributed by atoms with Crippen LogP contribution in [0.2, 0.25) is 0 Å². The minimum Gasteiger partial charge on any atom is -0.346 e. The maximum Gasteiger partial charge on any atom is 0.251 e. The summed E-state index contributed by atoms with van der Waals surface area (Å²) >= 11 is 1.63. The van der Waals surface area contributed by atoms with Crippen molar-refractivity contribution in [3.63, 3.8) is 0 Å². The van der Waals surface area contributed by atoms with Crippen molar-refractivity contribution in [1.82, 2.24) is 15.6 Å². The Hall–Kier alpha value is -2.51. The van der Waals surface area contributed by atoms with Crippen LogP contribution in [-0.4, -0.2) is 37.1 Å². The molecule has 0 saturated carbocycles. The highest BCUT2D eigenvalue weighted by Crippen LogP contribution is 2.33. The zero-order valence-corrected chi connectivity index (χ0v) is 16.2. The van der Waals surface area contributed by atoms with Crippen molar-refractivity contribution in [2.24, 2.45) is 0 Å². The molecular weight excluding hydrogens is 375 g/mol. The standard InChI is InChI=1S/C21H21FN4OS/c22-16-3-1-2-15-14(16)5-7-17(15)24-20(27)13-4-6-18-19(12-13)28-21(25-18)26-10-8-23-9-11-26/h1-4,6,12,17,23H,5,7-11H2,(H,24,27). The summed E-state index contributed by atoms with van der Waals surface area (Å²) in [6.07, 6.45) is 1.40. The van der Waals surface area contributed by atoms with Gasteiger partial charge in [0.2, 0.25) is 0 Å². The number of piperazine rings is 1. The van der Waals surface area contributed by atoms with Gasteiger partial charge in [-0.25, -0.2) is 9.37 Å². The van der Waals surface area contributed by atoms with E-state index in [1.165, 1.54) is 6.07 Å². The Kier molecular flexibility index (Phi) is 4.49. The highest BCUT2D eigenvalue weighted by atomic mass is 32.1. The van der Waals surface area contributed by atoms with Gasteiger partial charge in [0.05, 0.1) is 16.3 Å². The summed E-state index contributed by atoms with van der Waals surface area (Å²) < 4.78 is 14.9. The Morgan fingerprint density at radius 1 is 1.25 bits per heavy atom. The molecule has 1 aromatic heterocycles. The van der Waals surface area contributed by atoms with E-state index in [1.807, 2.05) is 24.3 Å². The van der Waals surface area contributed by atoms with Crippen molar-refractivity contribution in [2.75, 3.05) is 31.1 Å². The molecular formula is C21H21FN4OS. The van der Waals surface area contributed by atoms with Crippen LogP contribution in [0.3, 0.4) is 0 Å². The van der Waals surface area contributed by atoms with Crippen LogP contribution >= 0.6 is 11.3 Å². The quantitative estimate of drug-likeness (QED) is 0.714. The molecule has 3 aromatic rings. The van der Waals surface area contributed by atoms with E-state index in [4.69, 9.17) is 4.98 Å². The number of aromatic nitrogens is 1. The lowest BCUT2D eigenvalue weighted by atomic mass is 10.1. The number of hydrogen-bond acceptors (Lipinski definition) is 5. The van der Waals surface area contributed by atoms with Gasteiger partial charge in [0.25, 0.3) is 5.91 Å². The maximum absolute atomic E-state index is 13.9. The summed E-state index contributed by atoms with van der Waals surface area (Å²) in [5, 5.41) is 7.43. The first-order valence-corrected chi connectivity index (χ1v) is 10.4. The molecule has 1 saturated heterocycles. The number of nitrogens with one attached hydrogen (secondary N) is 2. The number of hydrogen-bond donors (Lipinski definition) is 2. The monoisotopic (exact) mass is 396 g/mol. The van der Waals surface area contributed by atoms with Gasteiger partial charge in [0.1, 0.15) is 5.82 Å². The van der Waals surface area contributed by atoms with Gasteiger partial charge in [0.15, 0.2) is 5.13 Å². The highest BCUT2D eigenvalue weighted by molar-refractivity contribution is 7.22. The van der Waals surface area contributed by atoms with Gasteiger partial charge in [0, 0.05) is 31.7 Å². The van der Waals surface area contributed by atoms with E-state index < -0.39 is 0 Å². The first-order chi connectivity index (χ1) is 13.7. The fourth-order valence-electron chi connectivity index (χ4n) is 4.05. The molecule has 1 amide bonds. The Morgan fingerprint density at radius 2 is 2.11 bits per heavy atom. The average molecular weight is 396 g/mol. The average Bonchev–Trinajstić information content (AvgIpc) is 3.33. The Bertz CT molecular complexity index is 1040. The third-order valence-electron chi connectivity index (χ3n) is 5.55. The number of rotatable bonds is 3. The number of anilines is 1. The minimum atomic E-state index is -0.180. The lowest BCUT2D eigenvalue weighted by Gasteiger charge is -2.26. The first-order valence-electron chi connectivity index (χ1n) is 9.63. The molecule has 2 N–H and O–H groups in total. The lowest BCUT2D eigenvalue weighted by Crippen LogP contribution is -2.43. The molecule has 2 heterocycles. The largest absolute Gasteiger partial charge is 0.346 e. The molecule has 7 heteroatoms. The Labute approximate surface area is 166 Å². The van der Waals surface area contributed by atoms with Crippen molar-refractivity contribution in [2.45, 2.75) is 18.9 Å². The number of amides is 1. The van der Waals surface area contributed by atoms with Crippen molar-refractivity contribution < 1.29 is 9.18 Å². The Balaban J connectivity index is 1.36. The predicted molar refractivity (Wildman–Crippen MR) is 110 cm³/mol. The molecule has 0 bridgehead atoms. The van der Waals surface area contributed by atoms with E-state index in [9.17, 15) is 9.18 Å². The fraction of sp³-hybridized carbons (Fsp3) is 0.333. The molecule has 2 aromatic carbocycles. The van der Waals surface area contributed by atoms with Gasteiger partial charge in [-0.1, -0.05) is 23.5 Å². The third kappa shape index (κ3) is 3.14. The number of nitrogens with zero attached hydrogens (tertiary/aromatic N) is 2. The minimum absolute atomic E-state index is 0.124. The third-order valence-corrected chi connectivity index (χ3v) is 6.62. The van der Waals surface area contributed by atoms with E-state index in [0.717, 1.165) is 59.1 Å². The SMILES string of the molecule is O=C(NC1CCc2c(F)cccc21)c1ccc2nc(N3CCNCC3)sc2c1. The second-order valence-corrected chi connectivity index (χ2v) is 8.30. The van der Waals surface area contributed by atoms with Crippen molar-refractivity contribution in [1.29, 1.82) is 0 Å². The second kappa shape index (κ2) is 7.14. The normalized spacial score (nSPS) is 19.0. The van der Waals surface area contributed by atoms with E-state index >= 15 is 0 Å². The summed E-state index contributed by atoms with van der Waals surface area (Å²) in [6, 6.07) is 10.6. The van der Waals surface area contributed by atoms with E-state index in [0.29, 0.717) is 12.0 Å². The highest BCUT2D eigenvalue weighted by Gasteiger charge is 2.26. The van der Waals surface area contributed by atoms with Crippen LogP contribution in [0.1, 0.15) is 33.9 Å². The zero-order valence-electron chi connectivity index (χ0n) is 15.4. The summed E-state index contributed by atoms with van der Waals surface area (Å²) in [6.45, 7) is 3.83. The second-order valence-electron chi connectivity index (χ2n) is 7.29. The molecule has 1 unspecified atom stereocenters. The smallest absolute Gasteiger partial charge is 0.251 e. The van der Waals surface area contributed by atoms with Gasteiger partial charge in [-0.05, 0) is 48.2 Å². The molecule has 2 aliphatic rings. The van der Waals surface area contributed by atoms with Crippen LogP contribution in [0, 0.1) is 5.82 Å². The molecule has 1 aliphatic heterocycles. The van der Waals surface area contributed by atoms with E-state index in [2.05, 4.69) is 15.5 Å². The summed E-state index contributed by atoms with van der Waals surface area (Å²) in [5.41, 5.74) is 3.16. The van der Waals surface area contributed by atoms with Crippen molar-refractivity contribution in [3.05, 3.63) is 58.9 Å². The molecule has 28 heavy (non-hydrogen) atoms. The fourth-order valence-corrected chi connectivity index (χ4v) is 5.10. The topological polar surface area (TPSA) is 57.3 Å². The van der Waals surface area contributed by atoms with Gasteiger partial charge >= 0.3 is 0 Å². The number of carbonyl (C=O) groups is 1. The number of benzene rings is 2. The zero-order chi connectivity index (χ0) is 19.1. The van der Waals surface area contributed by atoms with Crippen molar-refractivity contribution in [3.8, 4) is 0 Å². The first kappa shape index (κ1) is 17.6. The summed E-state index contributed by atoms with van der Waals surface area (Å²) in [4.78, 5) is 19.8. The lowest BCUT2D eigenvalue weighted by molar-refractivity contribution is 0.0937. The molecule has 1 fully saturated rings. The summed E-state index contributed by atoms with van der Waals surface area (Å²) in [5.74, 6) is -0.304. The Morgan fingerprint density at radius 3 is 2.96 bits per heavy atom. The maximum atomic E-state index is 13.9. The molecule has 0 spiro atoms. The molecule has 1 atom stereocenters. The predicted octanol–water partition coefficient (Wildman–Crippen LogP) is 3.26. The molecule has 144 valence electrons. The van der Waals surface area contributed by atoms with Crippen LogP contribution in [0.25, 0.3) is 10.2 Å². The van der Waals surface area contributed by atoms with E-state index in [1.54, 1.807) is 17.4 Å². The van der Waals surface area contributed by atoms with Crippen LogP contribution in [0.5, 0.6) is 0 Å². The number of thiazole rings is 1. The van der Waals surface area contributed by atoms with Crippen LogP contribution in [-0.2, 0) is 6.42 Å². The van der Waals surface area contributed by atoms with Gasteiger partial charge in [-0.15, -0.1) is 0 Å². The van der Waals surface area contributed by atoms with Crippen LogP contribution in [0.4, 0.5) is 9.52 Å². The number of fused-ring (bicyclic) bond motifs is 2. The summed E-state index contributed by atoms with van der Waals surface area (Å²) in [7, 11) is 0. The number of carbonyl (C=O) groups excluding carboxylic acids is 1. The van der Waals surface area contributed by atoms with Gasteiger partial charge < -0.3 is 15.5 Å².